The lowest BCUT2D eigenvalue weighted by Crippen LogP contribution is -2.17. The van der Waals surface area contributed by atoms with Crippen molar-refractivity contribution in [1.82, 2.24) is 14.8 Å². The minimum Gasteiger partial charge on any atom is -0.364 e. The van der Waals surface area contributed by atoms with Gasteiger partial charge in [-0.05, 0) is 18.2 Å². The first kappa shape index (κ1) is 10.9. The van der Waals surface area contributed by atoms with Crippen LogP contribution in [0.3, 0.4) is 0 Å². The van der Waals surface area contributed by atoms with E-state index < -0.39 is 5.91 Å². The molecular formula is C12H10N4O. The van der Waals surface area contributed by atoms with Gasteiger partial charge >= 0.3 is 0 Å². The van der Waals surface area contributed by atoms with Crippen molar-refractivity contribution in [3.63, 3.8) is 0 Å². The number of carbonyl (C=O) groups is 1. The van der Waals surface area contributed by atoms with Crippen LogP contribution in [0.2, 0.25) is 0 Å². The molecule has 0 aliphatic rings. The second kappa shape index (κ2) is 4.49. The van der Waals surface area contributed by atoms with Gasteiger partial charge in [-0.25, -0.2) is 4.68 Å². The number of rotatable bonds is 3. The van der Waals surface area contributed by atoms with Crippen LogP contribution in [-0.4, -0.2) is 20.7 Å². The van der Waals surface area contributed by atoms with Crippen molar-refractivity contribution < 1.29 is 4.79 Å². The van der Waals surface area contributed by atoms with Crippen LogP contribution < -0.4 is 5.73 Å². The molecule has 5 heteroatoms. The zero-order valence-corrected chi connectivity index (χ0v) is 9.00. The maximum atomic E-state index is 11.2. The molecule has 0 saturated carbocycles. The fourth-order valence-corrected chi connectivity index (χ4v) is 1.46. The maximum absolute atomic E-state index is 11.2. The first-order valence-electron chi connectivity index (χ1n) is 4.95. The van der Waals surface area contributed by atoms with Crippen molar-refractivity contribution >= 4 is 5.91 Å². The summed E-state index contributed by atoms with van der Waals surface area (Å²) in [6, 6.07) is 7.03. The van der Waals surface area contributed by atoms with E-state index in [0.717, 1.165) is 0 Å². The molecule has 0 spiro atoms. The van der Waals surface area contributed by atoms with Gasteiger partial charge in [-0.2, -0.15) is 5.10 Å². The molecular weight excluding hydrogens is 216 g/mol. The van der Waals surface area contributed by atoms with Gasteiger partial charge in [-0.15, -0.1) is 6.42 Å². The standard InChI is InChI=1S/C12H10N4O/c1-2-7-16-11(12(13)17)8-10(15-16)9-5-3-4-6-14-9/h1,3-6,8H,7H2,(H2,13,17). The van der Waals surface area contributed by atoms with Crippen LogP contribution in [0.5, 0.6) is 0 Å². The van der Waals surface area contributed by atoms with E-state index in [0.29, 0.717) is 11.4 Å². The van der Waals surface area contributed by atoms with Gasteiger partial charge in [-0.1, -0.05) is 12.0 Å². The van der Waals surface area contributed by atoms with Crippen LogP contribution in [0.15, 0.2) is 30.5 Å². The average Bonchev–Trinajstić information content (AvgIpc) is 2.75. The topological polar surface area (TPSA) is 73.8 Å². The zero-order chi connectivity index (χ0) is 12.3. The Balaban J connectivity index is 2.48. The summed E-state index contributed by atoms with van der Waals surface area (Å²) < 4.78 is 1.40. The summed E-state index contributed by atoms with van der Waals surface area (Å²) in [4.78, 5) is 15.4. The number of carbonyl (C=O) groups excluding carboxylic acids is 1. The Kier molecular flexibility index (Phi) is 2.88. The van der Waals surface area contributed by atoms with Gasteiger partial charge in [0.2, 0.25) is 0 Å². The molecule has 5 nitrogen and oxygen atoms in total. The third-order valence-electron chi connectivity index (χ3n) is 2.20. The molecule has 0 aliphatic carbocycles. The predicted octanol–water partition coefficient (Wildman–Crippen LogP) is 0.677. The number of amides is 1. The molecule has 2 rings (SSSR count). The molecule has 0 saturated heterocycles. The lowest BCUT2D eigenvalue weighted by Gasteiger charge is -1.97. The fourth-order valence-electron chi connectivity index (χ4n) is 1.46. The van der Waals surface area contributed by atoms with Crippen LogP contribution in [-0.2, 0) is 6.54 Å². The van der Waals surface area contributed by atoms with E-state index in [9.17, 15) is 4.79 Å². The number of primary amides is 1. The Hall–Kier alpha value is -2.61. The Morgan fingerprint density at radius 2 is 2.29 bits per heavy atom. The highest BCUT2D eigenvalue weighted by Crippen LogP contribution is 2.16. The van der Waals surface area contributed by atoms with Gasteiger partial charge in [0, 0.05) is 6.20 Å². The zero-order valence-electron chi connectivity index (χ0n) is 9.00. The second-order valence-electron chi connectivity index (χ2n) is 3.36. The first-order valence-corrected chi connectivity index (χ1v) is 4.95. The summed E-state index contributed by atoms with van der Waals surface area (Å²) >= 11 is 0. The molecule has 0 bridgehead atoms. The van der Waals surface area contributed by atoms with Crippen LogP contribution >= 0.6 is 0 Å². The number of nitrogens with two attached hydrogens (primary N) is 1. The monoisotopic (exact) mass is 226 g/mol. The van der Waals surface area contributed by atoms with Gasteiger partial charge in [0.1, 0.15) is 17.9 Å². The molecule has 2 N–H and O–H groups in total. The van der Waals surface area contributed by atoms with Gasteiger partial charge < -0.3 is 5.73 Å². The molecule has 2 aromatic rings. The Bertz CT molecular complexity index is 580. The normalized spacial score (nSPS) is 9.82. The molecule has 0 atom stereocenters. The number of pyridine rings is 1. The Morgan fingerprint density at radius 1 is 1.47 bits per heavy atom. The third kappa shape index (κ3) is 2.16. The van der Waals surface area contributed by atoms with E-state index in [2.05, 4.69) is 16.0 Å². The van der Waals surface area contributed by atoms with Crippen LogP contribution in [0.25, 0.3) is 11.4 Å². The van der Waals surface area contributed by atoms with Gasteiger partial charge in [0.15, 0.2) is 0 Å². The molecule has 1 amide bonds. The first-order chi connectivity index (χ1) is 8.22. The number of terminal acetylenes is 1. The van der Waals surface area contributed by atoms with Gasteiger partial charge in [0.25, 0.3) is 5.91 Å². The summed E-state index contributed by atoms with van der Waals surface area (Å²) in [5, 5.41) is 4.20. The summed E-state index contributed by atoms with van der Waals surface area (Å²) in [5.74, 6) is 1.86. The highest BCUT2D eigenvalue weighted by Gasteiger charge is 2.13. The Morgan fingerprint density at radius 3 is 2.88 bits per heavy atom. The van der Waals surface area contributed by atoms with E-state index >= 15 is 0 Å². The van der Waals surface area contributed by atoms with Crippen molar-refractivity contribution in [3.8, 4) is 23.7 Å². The number of aromatic nitrogens is 3. The molecule has 2 heterocycles. The summed E-state index contributed by atoms with van der Waals surface area (Å²) in [7, 11) is 0. The highest BCUT2D eigenvalue weighted by molar-refractivity contribution is 5.92. The summed E-state index contributed by atoms with van der Waals surface area (Å²) in [5.41, 5.74) is 6.78. The average molecular weight is 226 g/mol. The maximum Gasteiger partial charge on any atom is 0.267 e. The smallest absolute Gasteiger partial charge is 0.267 e. The Labute approximate surface area is 98.3 Å². The number of hydrogen-bond acceptors (Lipinski definition) is 3. The van der Waals surface area contributed by atoms with E-state index in [1.54, 1.807) is 24.4 Å². The quantitative estimate of drug-likeness (QED) is 0.782. The summed E-state index contributed by atoms with van der Waals surface area (Å²) in [6.45, 7) is 0.200. The SMILES string of the molecule is C#CCn1nc(-c2ccccn2)cc1C(N)=O. The van der Waals surface area contributed by atoms with Crippen LogP contribution in [0, 0.1) is 12.3 Å². The van der Waals surface area contributed by atoms with Crippen LogP contribution in [0.1, 0.15) is 10.5 Å². The number of hydrogen-bond donors (Lipinski definition) is 1. The third-order valence-corrected chi connectivity index (χ3v) is 2.20. The van der Waals surface area contributed by atoms with E-state index in [1.807, 2.05) is 6.07 Å². The molecule has 17 heavy (non-hydrogen) atoms. The van der Waals surface area contributed by atoms with Crippen molar-refractivity contribution in [2.45, 2.75) is 6.54 Å². The molecule has 2 aromatic heterocycles. The summed E-state index contributed by atoms with van der Waals surface area (Å²) in [6.07, 6.45) is 6.85. The lowest BCUT2D eigenvalue weighted by atomic mass is 10.2. The minimum absolute atomic E-state index is 0.200. The molecule has 84 valence electrons. The van der Waals surface area contributed by atoms with E-state index in [4.69, 9.17) is 12.2 Å². The fraction of sp³-hybridized carbons (Fsp3) is 0.0833. The van der Waals surface area contributed by atoms with Crippen molar-refractivity contribution in [2.24, 2.45) is 5.73 Å². The van der Waals surface area contributed by atoms with Crippen molar-refractivity contribution in [1.29, 1.82) is 0 Å². The lowest BCUT2D eigenvalue weighted by molar-refractivity contribution is 0.0991. The van der Waals surface area contributed by atoms with Gasteiger partial charge in [-0.3, -0.25) is 9.78 Å². The predicted molar refractivity (Wildman–Crippen MR) is 62.8 cm³/mol. The minimum atomic E-state index is -0.560. The van der Waals surface area contributed by atoms with E-state index in [1.165, 1.54) is 4.68 Å². The molecule has 0 aliphatic heterocycles. The highest BCUT2D eigenvalue weighted by atomic mass is 16.1. The van der Waals surface area contributed by atoms with Gasteiger partial charge in [0.05, 0.1) is 5.69 Å². The number of nitrogens with zero attached hydrogens (tertiary/aromatic N) is 3. The molecule has 0 radical (unpaired) electrons. The molecule has 0 aromatic carbocycles. The second-order valence-corrected chi connectivity index (χ2v) is 3.36. The van der Waals surface area contributed by atoms with Crippen molar-refractivity contribution in [3.05, 3.63) is 36.2 Å². The van der Waals surface area contributed by atoms with Crippen molar-refractivity contribution in [2.75, 3.05) is 0 Å². The van der Waals surface area contributed by atoms with E-state index in [-0.39, 0.29) is 12.2 Å². The van der Waals surface area contributed by atoms with Crippen LogP contribution in [0.4, 0.5) is 0 Å². The largest absolute Gasteiger partial charge is 0.364 e. The molecule has 0 unspecified atom stereocenters. The molecule has 0 fully saturated rings.